The summed E-state index contributed by atoms with van der Waals surface area (Å²) < 4.78 is 29.0. The number of aryl methyl sites for hydroxylation is 2. The van der Waals surface area contributed by atoms with Crippen molar-refractivity contribution in [3.05, 3.63) is 52.2 Å². The molecule has 1 saturated carbocycles. The van der Waals surface area contributed by atoms with Crippen LogP contribution in [0.1, 0.15) is 40.4 Å². The van der Waals surface area contributed by atoms with E-state index in [1.807, 2.05) is 0 Å². The lowest BCUT2D eigenvalue weighted by molar-refractivity contribution is 0.101. The number of carbonyl (C=O) groups excluding carboxylic acids is 1. The van der Waals surface area contributed by atoms with Gasteiger partial charge < -0.3 is 0 Å². The van der Waals surface area contributed by atoms with Crippen molar-refractivity contribution < 1.29 is 13.6 Å². The third kappa shape index (κ3) is 3.01. The average Bonchev–Trinajstić information content (AvgIpc) is 3.21. The molecule has 1 aromatic carbocycles. The third-order valence-electron chi connectivity index (χ3n) is 4.45. The summed E-state index contributed by atoms with van der Waals surface area (Å²) in [6.07, 6.45) is 3.86. The Bertz CT molecular complexity index is 1010. The maximum absolute atomic E-state index is 14.0. The van der Waals surface area contributed by atoms with Crippen molar-refractivity contribution >= 4 is 22.4 Å². The Hall–Kier alpha value is -2.61. The third-order valence-corrected chi connectivity index (χ3v) is 5.21. The maximum Gasteiger partial charge on any atom is 0.275 e. The molecule has 134 valence electrons. The number of amides is 1. The van der Waals surface area contributed by atoms with Crippen LogP contribution in [-0.2, 0) is 7.05 Å². The molecule has 1 aliphatic carbocycles. The van der Waals surface area contributed by atoms with E-state index in [2.05, 4.69) is 15.4 Å². The predicted octanol–water partition coefficient (Wildman–Crippen LogP) is 4.26. The number of nitrogens with one attached hydrogen (secondary N) is 1. The van der Waals surface area contributed by atoms with E-state index in [9.17, 15) is 13.6 Å². The highest BCUT2D eigenvalue weighted by Gasteiger charge is 2.31. The van der Waals surface area contributed by atoms with E-state index in [4.69, 9.17) is 0 Å². The fourth-order valence-electron chi connectivity index (χ4n) is 2.89. The molecular weight excluding hydrogens is 358 g/mol. The fourth-order valence-corrected chi connectivity index (χ4v) is 3.60. The van der Waals surface area contributed by atoms with Crippen LogP contribution in [0.2, 0.25) is 0 Å². The Kier molecular flexibility index (Phi) is 4.07. The number of aromatic nitrogens is 3. The number of rotatable bonds is 4. The van der Waals surface area contributed by atoms with Gasteiger partial charge in [0.05, 0.1) is 11.9 Å². The lowest BCUT2D eigenvalue weighted by atomic mass is 10.1. The van der Waals surface area contributed by atoms with Crippen LogP contribution >= 0.6 is 11.3 Å². The summed E-state index contributed by atoms with van der Waals surface area (Å²) in [6.45, 7) is 1.56. The van der Waals surface area contributed by atoms with Crippen molar-refractivity contribution in [1.29, 1.82) is 0 Å². The van der Waals surface area contributed by atoms with E-state index in [0.717, 1.165) is 24.5 Å². The van der Waals surface area contributed by atoms with Gasteiger partial charge in [-0.05, 0) is 37.3 Å². The molecule has 0 unspecified atom stereocenters. The molecule has 0 radical (unpaired) electrons. The lowest BCUT2D eigenvalue weighted by Crippen LogP contribution is -2.17. The number of thiazole rings is 1. The van der Waals surface area contributed by atoms with Crippen LogP contribution in [0, 0.1) is 18.6 Å². The first kappa shape index (κ1) is 16.8. The van der Waals surface area contributed by atoms with Crippen LogP contribution in [0.4, 0.5) is 13.9 Å². The van der Waals surface area contributed by atoms with Gasteiger partial charge in [0.15, 0.2) is 5.13 Å². The van der Waals surface area contributed by atoms with Gasteiger partial charge in [-0.3, -0.25) is 14.8 Å². The van der Waals surface area contributed by atoms with Crippen LogP contribution in [-0.4, -0.2) is 20.7 Å². The normalized spacial score (nSPS) is 13.8. The summed E-state index contributed by atoms with van der Waals surface area (Å²) in [6, 6.07) is 2.26. The first-order chi connectivity index (χ1) is 12.4. The SMILES string of the molecule is Cc1cc(-c2csc(NC(=O)c3c(C4CC4)cnn3C)n2)c(F)cc1F. The van der Waals surface area contributed by atoms with Crippen LogP contribution in [0.25, 0.3) is 11.3 Å². The molecule has 0 bridgehead atoms. The molecule has 0 atom stereocenters. The van der Waals surface area contributed by atoms with Gasteiger partial charge >= 0.3 is 0 Å². The number of nitrogens with zero attached hydrogens (tertiary/aromatic N) is 3. The van der Waals surface area contributed by atoms with Crippen LogP contribution in [0.15, 0.2) is 23.7 Å². The summed E-state index contributed by atoms with van der Waals surface area (Å²) in [5.41, 5.74) is 2.37. The Balaban J connectivity index is 1.59. The molecule has 1 aliphatic rings. The molecule has 2 heterocycles. The predicted molar refractivity (Wildman–Crippen MR) is 95.3 cm³/mol. The Morgan fingerprint density at radius 1 is 1.31 bits per heavy atom. The monoisotopic (exact) mass is 374 g/mol. The number of hydrogen-bond donors (Lipinski definition) is 1. The summed E-state index contributed by atoms with van der Waals surface area (Å²) in [5.74, 6) is -1.17. The standard InChI is InChI=1S/C18H16F2N4OS/c1-9-5-11(14(20)6-13(9)19)15-8-26-18(22-15)23-17(25)16-12(10-3-4-10)7-21-24(16)2/h5-8,10H,3-4H2,1-2H3,(H,22,23,25). The highest BCUT2D eigenvalue weighted by atomic mass is 32.1. The molecular formula is C18H16F2N4OS. The summed E-state index contributed by atoms with van der Waals surface area (Å²) in [5, 5.41) is 8.92. The first-order valence-corrected chi connectivity index (χ1v) is 9.07. The van der Waals surface area contributed by atoms with Crippen molar-refractivity contribution in [1.82, 2.24) is 14.8 Å². The molecule has 5 nitrogen and oxygen atoms in total. The summed E-state index contributed by atoms with van der Waals surface area (Å²) >= 11 is 1.19. The number of hydrogen-bond acceptors (Lipinski definition) is 4. The Morgan fingerprint density at radius 2 is 2.08 bits per heavy atom. The van der Waals surface area contributed by atoms with Crippen molar-refractivity contribution in [2.24, 2.45) is 7.05 Å². The number of halogens is 2. The molecule has 26 heavy (non-hydrogen) atoms. The minimum absolute atomic E-state index is 0.208. The van der Waals surface area contributed by atoms with Gasteiger partial charge in [0.1, 0.15) is 17.3 Å². The second-order valence-corrected chi connectivity index (χ2v) is 7.28. The van der Waals surface area contributed by atoms with Gasteiger partial charge in [-0.2, -0.15) is 5.10 Å². The largest absolute Gasteiger partial charge is 0.296 e. The van der Waals surface area contributed by atoms with Gasteiger partial charge in [-0.25, -0.2) is 13.8 Å². The molecule has 3 aromatic rings. The van der Waals surface area contributed by atoms with E-state index in [1.165, 1.54) is 17.4 Å². The fraction of sp³-hybridized carbons (Fsp3) is 0.278. The van der Waals surface area contributed by atoms with Crippen LogP contribution in [0.5, 0.6) is 0 Å². The Morgan fingerprint density at radius 3 is 2.81 bits per heavy atom. The van der Waals surface area contributed by atoms with E-state index >= 15 is 0 Å². The summed E-state index contributed by atoms with van der Waals surface area (Å²) in [4.78, 5) is 16.9. The Labute approximate surface area is 152 Å². The van der Waals surface area contributed by atoms with Crippen molar-refractivity contribution in [2.45, 2.75) is 25.7 Å². The van der Waals surface area contributed by atoms with E-state index < -0.39 is 11.6 Å². The highest BCUT2D eigenvalue weighted by Crippen LogP contribution is 2.41. The average molecular weight is 374 g/mol. The van der Waals surface area contributed by atoms with E-state index in [-0.39, 0.29) is 11.5 Å². The molecule has 1 N–H and O–H groups in total. The second-order valence-electron chi connectivity index (χ2n) is 6.42. The molecule has 1 fully saturated rings. The minimum Gasteiger partial charge on any atom is -0.296 e. The van der Waals surface area contributed by atoms with Crippen molar-refractivity contribution in [3.8, 4) is 11.3 Å². The van der Waals surface area contributed by atoms with Crippen LogP contribution in [0.3, 0.4) is 0 Å². The zero-order valence-electron chi connectivity index (χ0n) is 14.2. The number of anilines is 1. The first-order valence-electron chi connectivity index (χ1n) is 8.19. The molecule has 0 spiro atoms. The highest BCUT2D eigenvalue weighted by molar-refractivity contribution is 7.14. The lowest BCUT2D eigenvalue weighted by Gasteiger charge is -2.05. The molecule has 0 saturated heterocycles. The zero-order valence-corrected chi connectivity index (χ0v) is 15.0. The van der Waals surface area contributed by atoms with Gasteiger partial charge in [-0.15, -0.1) is 11.3 Å². The van der Waals surface area contributed by atoms with Gasteiger partial charge in [0.2, 0.25) is 0 Å². The quantitative estimate of drug-likeness (QED) is 0.742. The van der Waals surface area contributed by atoms with Gasteiger partial charge in [-0.1, -0.05) is 0 Å². The molecule has 1 amide bonds. The second kappa shape index (κ2) is 6.28. The molecule has 8 heteroatoms. The molecule has 2 aromatic heterocycles. The van der Waals surface area contributed by atoms with Gasteiger partial charge in [0.25, 0.3) is 5.91 Å². The van der Waals surface area contributed by atoms with Crippen molar-refractivity contribution in [2.75, 3.05) is 5.32 Å². The van der Waals surface area contributed by atoms with E-state index in [1.54, 1.807) is 30.2 Å². The van der Waals surface area contributed by atoms with Gasteiger partial charge in [0, 0.05) is 29.6 Å². The topological polar surface area (TPSA) is 59.8 Å². The maximum atomic E-state index is 14.0. The zero-order chi connectivity index (χ0) is 18.4. The number of carbonyl (C=O) groups is 1. The van der Waals surface area contributed by atoms with E-state index in [0.29, 0.717) is 28.0 Å². The molecule has 0 aliphatic heterocycles. The molecule has 4 rings (SSSR count). The van der Waals surface area contributed by atoms with Crippen LogP contribution < -0.4 is 5.32 Å². The smallest absolute Gasteiger partial charge is 0.275 e. The summed E-state index contributed by atoms with van der Waals surface area (Å²) in [7, 11) is 1.73. The number of benzene rings is 1. The van der Waals surface area contributed by atoms with Crippen molar-refractivity contribution in [3.63, 3.8) is 0 Å². The minimum atomic E-state index is -0.682.